The molecule has 0 aliphatic carbocycles. The predicted octanol–water partition coefficient (Wildman–Crippen LogP) is 2.28. The lowest BCUT2D eigenvalue weighted by atomic mass is 10.0. The van der Waals surface area contributed by atoms with Gasteiger partial charge in [0.05, 0.1) is 43.3 Å². The maximum absolute atomic E-state index is 8.67. The largest absolute Gasteiger partial charge is 0.460 e. The van der Waals surface area contributed by atoms with Crippen LogP contribution >= 0.6 is 0 Å². The van der Waals surface area contributed by atoms with Crippen molar-refractivity contribution in [3.63, 3.8) is 0 Å². The number of nitrogens with two attached hydrogens (primary N) is 1. The lowest BCUT2D eigenvalue weighted by molar-refractivity contribution is 0.0127. The van der Waals surface area contributed by atoms with Crippen LogP contribution in [0.2, 0.25) is 0 Å². The number of rotatable bonds is 3. The SMILES string of the molecule is N#CC[C@H]1CC[C@H](Nc2c(N)cnc3ccoc23)CO1. The summed E-state index contributed by atoms with van der Waals surface area (Å²) in [6, 6.07) is 4.12. The van der Waals surface area contributed by atoms with Gasteiger partial charge in [0.25, 0.3) is 0 Å². The first kappa shape index (κ1) is 12.8. The molecule has 1 aliphatic heterocycles. The van der Waals surface area contributed by atoms with Crippen molar-refractivity contribution < 1.29 is 9.15 Å². The summed E-state index contributed by atoms with van der Waals surface area (Å²) in [6.07, 6.45) is 5.54. The summed E-state index contributed by atoms with van der Waals surface area (Å²) in [5.74, 6) is 0. The van der Waals surface area contributed by atoms with Gasteiger partial charge in [-0.05, 0) is 12.8 Å². The van der Waals surface area contributed by atoms with Crippen molar-refractivity contribution >= 4 is 22.5 Å². The molecule has 2 aromatic heterocycles. The van der Waals surface area contributed by atoms with Crippen LogP contribution in [0.1, 0.15) is 19.3 Å². The molecule has 1 aliphatic rings. The van der Waals surface area contributed by atoms with E-state index in [1.807, 2.05) is 0 Å². The van der Waals surface area contributed by atoms with E-state index in [0.29, 0.717) is 24.3 Å². The highest BCUT2D eigenvalue weighted by Crippen LogP contribution is 2.30. The minimum atomic E-state index is 0.0523. The molecule has 2 aromatic rings. The number of anilines is 2. The first-order valence-electron chi connectivity index (χ1n) is 6.64. The van der Waals surface area contributed by atoms with E-state index >= 15 is 0 Å². The van der Waals surface area contributed by atoms with Crippen LogP contribution in [0.5, 0.6) is 0 Å². The second-order valence-electron chi connectivity index (χ2n) is 4.96. The number of nitrogen functional groups attached to an aromatic ring is 1. The zero-order chi connectivity index (χ0) is 13.9. The Morgan fingerprint density at radius 3 is 3.15 bits per heavy atom. The molecule has 0 saturated carbocycles. The van der Waals surface area contributed by atoms with Gasteiger partial charge in [-0.3, -0.25) is 4.98 Å². The molecule has 0 aromatic carbocycles. The first-order chi connectivity index (χ1) is 9.78. The third kappa shape index (κ3) is 2.40. The highest BCUT2D eigenvalue weighted by molar-refractivity contribution is 5.92. The molecule has 1 saturated heterocycles. The lowest BCUT2D eigenvalue weighted by Crippen LogP contribution is -2.34. The van der Waals surface area contributed by atoms with Crippen molar-refractivity contribution in [1.82, 2.24) is 4.98 Å². The molecule has 0 spiro atoms. The summed E-state index contributed by atoms with van der Waals surface area (Å²) in [5, 5.41) is 12.0. The van der Waals surface area contributed by atoms with Crippen LogP contribution in [0.3, 0.4) is 0 Å². The molecule has 1 fully saturated rings. The lowest BCUT2D eigenvalue weighted by Gasteiger charge is -2.29. The molecule has 20 heavy (non-hydrogen) atoms. The topological polar surface area (TPSA) is 97.1 Å². The summed E-state index contributed by atoms with van der Waals surface area (Å²) >= 11 is 0. The van der Waals surface area contributed by atoms with Crippen molar-refractivity contribution in [3.8, 4) is 6.07 Å². The molecule has 0 radical (unpaired) electrons. The summed E-state index contributed by atoms with van der Waals surface area (Å²) < 4.78 is 11.1. The number of hydrogen-bond donors (Lipinski definition) is 2. The van der Waals surface area contributed by atoms with Gasteiger partial charge in [0.1, 0.15) is 11.2 Å². The van der Waals surface area contributed by atoms with Gasteiger partial charge in [-0.15, -0.1) is 0 Å². The molecule has 6 nitrogen and oxygen atoms in total. The maximum Gasteiger partial charge on any atom is 0.177 e. The molecule has 3 N–H and O–H groups in total. The second-order valence-corrected chi connectivity index (χ2v) is 4.96. The quantitative estimate of drug-likeness (QED) is 0.889. The van der Waals surface area contributed by atoms with Crippen LogP contribution in [-0.4, -0.2) is 23.7 Å². The van der Waals surface area contributed by atoms with E-state index in [1.54, 1.807) is 18.5 Å². The van der Waals surface area contributed by atoms with Gasteiger partial charge < -0.3 is 20.2 Å². The third-order valence-corrected chi connectivity index (χ3v) is 3.54. The second kappa shape index (κ2) is 5.39. The first-order valence-corrected chi connectivity index (χ1v) is 6.64. The Bertz CT molecular complexity index is 638. The fourth-order valence-electron chi connectivity index (χ4n) is 2.46. The highest BCUT2D eigenvalue weighted by Gasteiger charge is 2.23. The van der Waals surface area contributed by atoms with E-state index in [4.69, 9.17) is 20.1 Å². The summed E-state index contributed by atoms with van der Waals surface area (Å²) in [4.78, 5) is 4.20. The standard InChI is InChI=1S/C14H16N4O2/c15-5-3-10-2-1-9(8-20-10)18-13-11(16)7-17-12-4-6-19-14(12)13/h4,6-7,9-10H,1-3,8,16H2,(H,17,18)/t9-,10+/m0/s1. The Hall–Kier alpha value is -2.26. The zero-order valence-corrected chi connectivity index (χ0v) is 11.0. The van der Waals surface area contributed by atoms with E-state index in [-0.39, 0.29) is 12.1 Å². The number of nitrogens with zero attached hydrogens (tertiary/aromatic N) is 2. The number of fused-ring (bicyclic) bond motifs is 1. The predicted molar refractivity (Wildman–Crippen MR) is 75.0 cm³/mol. The molecule has 2 atom stereocenters. The van der Waals surface area contributed by atoms with Crippen molar-refractivity contribution in [2.75, 3.05) is 17.7 Å². The van der Waals surface area contributed by atoms with Crippen LogP contribution in [0, 0.1) is 11.3 Å². The van der Waals surface area contributed by atoms with Gasteiger partial charge in [0.15, 0.2) is 5.58 Å². The molecule has 104 valence electrons. The summed E-state index contributed by atoms with van der Waals surface area (Å²) in [5.41, 5.74) is 8.75. The fourth-order valence-corrected chi connectivity index (χ4v) is 2.46. The average Bonchev–Trinajstić information content (AvgIpc) is 2.93. The number of furan rings is 1. The van der Waals surface area contributed by atoms with Gasteiger partial charge in [0, 0.05) is 12.1 Å². The Kier molecular flexibility index (Phi) is 3.44. The smallest absolute Gasteiger partial charge is 0.177 e. The monoisotopic (exact) mass is 272 g/mol. The Morgan fingerprint density at radius 1 is 1.50 bits per heavy atom. The van der Waals surface area contributed by atoms with E-state index in [2.05, 4.69) is 16.4 Å². The number of hydrogen-bond acceptors (Lipinski definition) is 6. The van der Waals surface area contributed by atoms with Gasteiger partial charge in [-0.2, -0.15) is 5.26 Å². The number of ether oxygens (including phenoxy) is 1. The van der Waals surface area contributed by atoms with Gasteiger partial charge >= 0.3 is 0 Å². The third-order valence-electron chi connectivity index (χ3n) is 3.54. The van der Waals surface area contributed by atoms with E-state index in [0.717, 1.165) is 24.0 Å². The highest BCUT2D eigenvalue weighted by atomic mass is 16.5. The minimum Gasteiger partial charge on any atom is -0.460 e. The van der Waals surface area contributed by atoms with Crippen molar-refractivity contribution in [2.45, 2.75) is 31.4 Å². The molecule has 3 heterocycles. The van der Waals surface area contributed by atoms with Crippen LogP contribution in [0.25, 0.3) is 11.1 Å². The Balaban J connectivity index is 1.73. The number of nitriles is 1. The molecule has 6 heteroatoms. The summed E-state index contributed by atoms with van der Waals surface area (Å²) in [7, 11) is 0. The average molecular weight is 272 g/mol. The van der Waals surface area contributed by atoms with E-state index in [9.17, 15) is 0 Å². The van der Waals surface area contributed by atoms with E-state index in [1.165, 1.54) is 0 Å². The molecule has 3 rings (SSSR count). The number of nitrogens with one attached hydrogen (secondary N) is 1. The van der Waals surface area contributed by atoms with Crippen LogP contribution < -0.4 is 11.1 Å². The van der Waals surface area contributed by atoms with Crippen molar-refractivity contribution in [2.24, 2.45) is 0 Å². The zero-order valence-electron chi connectivity index (χ0n) is 11.0. The van der Waals surface area contributed by atoms with Crippen LogP contribution in [0.15, 0.2) is 22.9 Å². The number of pyridine rings is 1. The normalized spacial score (nSPS) is 22.6. The maximum atomic E-state index is 8.67. The van der Waals surface area contributed by atoms with Crippen LogP contribution in [-0.2, 0) is 4.74 Å². The fraction of sp³-hybridized carbons (Fsp3) is 0.429. The van der Waals surface area contributed by atoms with Crippen molar-refractivity contribution in [3.05, 3.63) is 18.5 Å². The minimum absolute atomic E-state index is 0.0523. The molecule has 0 unspecified atom stereocenters. The molecular formula is C14H16N4O2. The van der Waals surface area contributed by atoms with Gasteiger partial charge in [-0.25, -0.2) is 0 Å². The van der Waals surface area contributed by atoms with Crippen molar-refractivity contribution in [1.29, 1.82) is 5.26 Å². The summed E-state index contributed by atoms with van der Waals surface area (Å²) in [6.45, 7) is 0.566. The molecule has 0 amide bonds. The van der Waals surface area contributed by atoms with Gasteiger partial charge in [0.2, 0.25) is 0 Å². The van der Waals surface area contributed by atoms with Gasteiger partial charge in [-0.1, -0.05) is 0 Å². The van der Waals surface area contributed by atoms with E-state index < -0.39 is 0 Å². The molecule has 0 bridgehead atoms. The Morgan fingerprint density at radius 2 is 2.40 bits per heavy atom. The Labute approximate surface area is 116 Å². The van der Waals surface area contributed by atoms with Crippen LogP contribution in [0.4, 0.5) is 11.4 Å². The number of aromatic nitrogens is 1. The molecular weight excluding hydrogens is 256 g/mol.